The minimum absolute atomic E-state index is 0.536. The monoisotopic (exact) mass is 346 g/mol. The van der Waals surface area contributed by atoms with E-state index in [1.54, 1.807) is 18.2 Å². The van der Waals surface area contributed by atoms with Crippen LogP contribution in [0.2, 0.25) is 5.02 Å². The van der Waals surface area contributed by atoms with Crippen molar-refractivity contribution in [3.63, 3.8) is 0 Å². The summed E-state index contributed by atoms with van der Waals surface area (Å²) >= 11 is 6.03. The van der Waals surface area contributed by atoms with Crippen molar-refractivity contribution in [2.24, 2.45) is 4.99 Å². The van der Waals surface area contributed by atoms with Crippen LogP contribution in [0.15, 0.2) is 53.5 Å². The Morgan fingerprint density at radius 2 is 1.83 bits per heavy atom. The first-order valence-corrected chi connectivity index (χ1v) is 7.38. The number of aliphatic hydroxyl groups excluding tert-OH is 1. The van der Waals surface area contributed by atoms with E-state index in [0.717, 1.165) is 12.5 Å². The molecule has 2 aromatic carbocycles. The van der Waals surface area contributed by atoms with E-state index in [9.17, 15) is 9.90 Å². The molecular weight excluding hydrogens is 332 g/mol. The molecule has 7 heteroatoms. The second-order valence-corrected chi connectivity index (χ2v) is 5.35. The average molecular weight is 347 g/mol. The Bertz CT molecular complexity index is 786. The van der Waals surface area contributed by atoms with E-state index in [-0.39, 0.29) is 0 Å². The summed E-state index contributed by atoms with van der Waals surface area (Å²) in [5, 5.41) is 20.4. The molecule has 0 radical (unpaired) electrons. The van der Waals surface area contributed by atoms with Crippen molar-refractivity contribution in [3.05, 3.63) is 64.7 Å². The number of aliphatic carboxylic acids is 1. The molecule has 0 bridgehead atoms. The van der Waals surface area contributed by atoms with Gasteiger partial charge in [0.2, 0.25) is 6.23 Å². The molecule has 24 heavy (non-hydrogen) atoms. The normalized spacial score (nSPS) is 15.9. The molecule has 0 saturated heterocycles. The standard InChI is InChI=1S/C15H11ClN2O2.C2H4O2/c16-10-6-7-12-11(8-10)13(9-4-2-1-3-5-9)18-15(20)14(19)17-12;1-2(3)4/h1-8,15,20H,(H,17,19);1H3,(H,3,4). The average Bonchev–Trinajstić information content (AvgIpc) is 2.65. The fraction of sp³-hybridized carbons (Fsp3) is 0.118. The summed E-state index contributed by atoms with van der Waals surface area (Å²) < 4.78 is 0. The molecular formula is C17H15ClN2O4. The summed E-state index contributed by atoms with van der Waals surface area (Å²) in [5.41, 5.74) is 2.62. The Hall–Kier alpha value is -2.70. The van der Waals surface area contributed by atoms with Crippen molar-refractivity contribution in [2.75, 3.05) is 5.32 Å². The van der Waals surface area contributed by atoms with Crippen LogP contribution in [0.5, 0.6) is 0 Å². The number of halogens is 1. The topological polar surface area (TPSA) is 99.0 Å². The highest BCUT2D eigenvalue weighted by atomic mass is 35.5. The number of rotatable bonds is 1. The molecule has 0 saturated carbocycles. The van der Waals surface area contributed by atoms with Crippen LogP contribution in [0.3, 0.4) is 0 Å². The Kier molecular flexibility index (Phi) is 5.68. The third-order valence-electron chi connectivity index (χ3n) is 3.03. The summed E-state index contributed by atoms with van der Waals surface area (Å²) in [6, 6.07) is 14.5. The van der Waals surface area contributed by atoms with Gasteiger partial charge >= 0.3 is 0 Å². The molecule has 0 aromatic heterocycles. The predicted octanol–water partition coefficient (Wildman–Crippen LogP) is 2.54. The molecule has 124 valence electrons. The number of aliphatic imine (C=N–C) groups is 1. The number of carboxylic acids is 1. The summed E-state index contributed by atoms with van der Waals surface area (Å²) in [6.07, 6.45) is -1.43. The fourth-order valence-electron chi connectivity index (χ4n) is 2.10. The number of carboxylic acid groups (broad SMARTS) is 1. The number of carbonyl (C=O) groups is 2. The number of nitrogens with zero attached hydrogens (tertiary/aromatic N) is 1. The van der Waals surface area contributed by atoms with Crippen molar-refractivity contribution in [1.82, 2.24) is 0 Å². The number of fused-ring (bicyclic) bond motifs is 1. The van der Waals surface area contributed by atoms with E-state index in [1.807, 2.05) is 30.3 Å². The van der Waals surface area contributed by atoms with Crippen LogP contribution in [-0.2, 0) is 9.59 Å². The molecule has 0 fully saturated rings. The number of carbonyl (C=O) groups excluding carboxylic acids is 1. The Balaban J connectivity index is 0.000000471. The van der Waals surface area contributed by atoms with Crippen LogP contribution < -0.4 is 5.32 Å². The van der Waals surface area contributed by atoms with Crippen LogP contribution in [-0.4, -0.2) is 34.0 Å². The summed E-state index contributed by atoms with van der Waals surface area (Å²) in [7, 11) is 0. The van der Waals surface area contributed by atoms with Crippen LogP contribution in [0.1, 0.15) is 18.1 Å². The second kappa shape index (κ2) is 7.72. The third kappa shape index (κ3) is 4.41. The minimum Gasteiger partial charge on any atom is -0.481 e. The molecule has 0 aliphatic carbocycles. The maximum Gasteiger partial charge on any atom is 0.300 e. The van der Waals surface area contributed by atoms with Crippen molar-refractivity contribution in [2.45, 2.75) is 13.2 Å². The van der Waals surface area contributed by atoms with Gasteiger partial charge in [0.15, 0.2) is 0 Å². The maximum atomic E-state index is 11.7. The molecule has 1 heterocycles. The molecule has 1 unspecified atom stereocenters. The fourth-order valence-corrected chi connectivity index (χ4v) is 2.27. The zero-order valence-corrected chi connectivity index (χ0v) is 13.5. The number of anilines is 1. The van der Waals surface area contributed by atoms with Crippen molar-refractivity contribution in [3.8, 4) is 0 Å². The van der Waals surface area contributed by atoms with Gasteiger partial charge in [0.1, 0.15) is 0 Å². The lowest BCUT2D eigenvalue weighted by atomic mass is 10.0. The molecule has 1 aliphatic rings. The lowest BCUT2D eigenvalue weighted by molar-refractivity contribution is -0.134. The van der Waals surface area contributed by atoms with Crippen molar-refractivity contribution in [1.29, 1.82) is 0 Å². The number of benzodiazepines with no additional fused rings is 1. The van der Waals surface area contributed by atoms with Gasteiger partial charge < -0.3 is 15.5 Å². The largest absolute Gasteiger partial charge is 0.481 e. The quantitative estimate of drug-likeness (QED) is 0.738. The van der Waals surface area contributed by atoms with Gasteiger partial charge in [-0.25, -0.2) is 4.99 Å². The van der Waals surface area contributed by atoms with Gasteiger partial charge in [-0.3, -0.25) is 9.59 Å². The van der Waals surface area contributed by atoms with Gasteiger partial charge in [0.25, 0.3) is 11.9 Å². The minimum atomic E-state index is -1.43. The van der Waals surface area contributed by atoms with E-state index in [1.165, 1.54) is 0 Å². The zero-order chi connectivity index (χ0) is 17.7. The number of amides is 1. The van der Waals surface area contributed by atoms with E-state index in [2.05, 4.69) is 10.3 Å². The second-order valence-electron chi connectivity index (χ2n) is 4.92. The first-order valence-electron chi connectivity index (χ1n) is 7.00. The van der Waals surface area contributed by atoms with Crippen molar-refractivity contribution < 1.29 is 19.8 Å². The number of aliphatic hydroxyl groups is 1. The van der Waals surface area contributed by atoms with E-state index in [4.69, 9.17) is 21.5 Å². The van der Waals surface area contributed by atoms with Crippen LogP contribution >= 0.6 is 11.6 Å². The first-order chi connectivity index (χ1) is 11.4. The molecule has 1 amide bonds. The molecule has 0 spiro atoms. The van der Waals surface area contributed by atoms with E-state index < -0.39 is 18.1 Å². The number of hydrogen-bond acceptors (Lipinski definition) is 4. The number of hydrogen-bond donors (Lipinski definition) is 3. The Morgan fingerprint density at radius 3 is 2.46 bits per heavy atom. The Morgan fingerprint density at radius 1 is 1.21 bits per heavy atom. The summed E-state index contributed by atoms with van der Waals surface area (Å²) in [6.45, 7) is 1.08. The lowest BCUT2D eigenvalue weighted by Crippen LogP contribution is -2.24. The number of benzene rings is 2. The molecule has 3 N–H and O–H groups in total. The highest BCUT2D eigenvalue weighted by Gasteiger charge is 2.23. The van der Waals surface area contributed by atoms with Crippen molar-refractivity contribution >= 4 is 34.9 Å². The summed E-state index contributed by atoms with van der Waals surface area (Å²) in [4.78, 5) is 24.8. The molecule has 1 atom stereocenters. The molecule has 6 nitrogen and oxygen atoms in total. The van der Waals surface area contributed by atoms with Crippen LogP contribution in [0, 0.1) is 0 Å². The Labute approximate surface area is 143 Å². The van der Waals surface area contributed by atoms with E-state index in [0.29, 0.717) is 22.0 Å². The van der Waals surface area contributed by atoms with Crippen LogP contribution in [0.4, 0.5) is 5.69 Å². The maximum absolute atomic E-state index is 11.7. The van der Waals surface area contributed by atoms with Gasteiger partial charge in [-0.05, 0) is 18.2 Å². The highest BCUT2D eigenvalue weighted by Crippen LogP contribution is 2.26. The predicted molar refractivity (Wildman–Crippen MR) is 91.5 cm³/mol. The van der Waals surface area contributed by atoms with Crippen LogP contribution in [0.25, 0.3) is 0 Å². The molecule has 1 aliphatic heterocycles. The van der Waals surface area contributed by atoms with Gasteiger partial charge in [0.05, 0.1) is 11.4 Å². The van der Waals surface area contributed by atoms with E-state index >= 15 is 0 Å². The molecule has 2 aromatic rings. The lowest BCUT2D eigenvalue weighted by Gasteiger charge is -2.10. The third-order valence-corrected chi connectivity index (χ3v) is 3.26. The smallest absolute Gasteiger partial charge is 0.300 e. The summed E-state index contributed by atoms with van der Waals surface area (Å²) in [5.74, 6) is -1.39. The van der Waals surface area contributed by atoms with Gasteiger partial charge in [-0.15, -0.1) is 0 Å². The van der Waals surface area contributed by atoms with Gasteiger partial charge in [-0.1, -0.05) is 41.9 Å². The first kappa shape index (κ1) is 17.7. The van der Waals surface area contributed by atoms with Gasteiger partial charge in [0, 0.05) is 23.1 Å². The SMILES string of the molecule is CC(=O)O.O=C1Nc2ccc(Cl)cc2C(c2ccccc2)=NC1O. The molecule has 3 rings (SSSR count). The van der Waals surface area contributed by atoms with Gasteiger partial charge in [-0.2, -0.15) is 0 Å². The zero-order valence-electron chi connectivity index (χ0n) is 12.7. The highest BCUT2D eigenvalue weighted by molar-refractivity contribution is 6.32. The number of nitrogens with one attached hydrogen (secondary N) is 1.